The second-order valence-corrected chi connectivity index (χ2v) is 5.76. The molecule has 1 atom stereocenters. The summed E-state index contributed by atoms with van der Waals surface area (Å²) in [5.74, 6) is 0.996. The molecule has 1 fully saturated rings. The van der Waals surface area contributed by atoms with Gasteiger partial charge in [0.15, 0.2) is 0 Å². The van der Waals surface area contributed by atoms with Crippen LogP contribution in [0.5, 0.6) is 5.75 Å². The van der Waals surface area contributed by atoms with Crippen molar-refractivity contribution in [2.24, 2.45) is 5.92 Å². The summed E-state index contributed by atoms with van der Waals surface area (Å²) in [6.07, 6.45) is 2.29. The van der Waals surface area contributed by atoms with E-state index in [2.05, 4.69) is 28.2 Å². The lowest BCUT2D eigenvalue weighted by molar-refractivity contribution is 0.0558. The van der Waals surface area contributed by atoms with Crippen LogP contribution in [0.2, 0.25) is 0 Å². The van der Waals surface area contributed by atoms with E-state index in [4.69, 9.17) is 4.74 Å². The van der Waals surface area contributed by atoms with Crippen LogP contribution < -0.4 is 5.32 Å². The molecule has 4 heteroatoms. The summed E-state index contributed by atoms with van der Waals surface area (Å²) in [5.41, 5.74) is 1.18. The van der Waals surface area contributed by atoms with Gasteiger partial charge in [-0.2, -0.15) is 0 Å². The molecule has 1 aromatic carbocycles. The fourth-order valence-electron chi connectivity index (χ4n) is 2.32. The monoisotopic (exact) mass is 313 g/mol. The lowest BCUT2D eigenvalue weighted by atomic mass is 9.93. The van der Waals surface area contributed by atoms with Crippen LogP contribution in [0.25, 0.3) is 0 Å². The van der Waals surface area contributed by atoms with Gasteiger partial charge in [0.05, 0.1) is 4.47 Å². The van der Waals surface area contributed by atoms with Gasteiger partial charge < -0.3 is 15.2 Å². The number of hydrogen-bond donors (Lipinski definition) is 2. The Bertz CT molecular complexity index is 391. The van der Waals surface area contributed by atoms with Crippen LogP contribution >= 0.6 is 15.9 Å². The molecule has 0 bridgehead atoms. The Kier molecular flexibility index (Phi) is 5.03. The standard InChI is InChI=1S/C14H20BrNO2/c1-10(12-4-6-18-7-5-12)16-9-11-2-3-14(17)13(15)8-11/h2-3,8,10,12,16-17H,4-7,9H2,1H3. The maximum atomic E-state index is 9.44. The van der Waals surface area contributed by atoms with Gasteiger partial charge in [-0.3, -0.25) is 0 Å². The molecule has 1 aliphatic rings. The van der Waals surface area contributed by atoms with Crippen LogP contribution in [0.1, 0.15) is 25.3 Å². The quantitative estimate of drug-likeness (QED) is 0.897. The summed E-state index contributed by atoms with van der Waals surface area (Å²) in [4.78, 5) is 0. The molecule has 1 unspecified atom stereocenters. The van der Waals surface area contributed by atoms with Gasteiger partial charge in [0.2, 0.25) is 0 Å². The average Bonchev–Trinajstić information content (AvgIpc) is 2.41. The number of rotatable bonds is 4. The molecule has 0 saturated carbocycles. The topological polar surface area (TPSA) is 41.5 Å². The molecule has 3 nitrogen and oxygen atoms in total. The molecular weight excluding hydrogens is 294 g/mol. The SMILES string of the molecule is CC(NCc1ccc(O)c(Br)c1)C1CCOCC1. The largest absolute Gasteiger partial charge is 0.507 e. The van der Waals surface area contributed by atoms with Gasteiger partial charge in [-0.05, 0) is 59.3 Å². The highest BCUT2D eigenvalue weighted by molar-refractivity contribution is 9.10. The summed E-state index contributed by atoms with van der Waals surface area (Å²) in [6.45, 7) is 4.85. The van der Waals surface area contributed by atoms with Crippen molar-refractivity contribution in [2.45, 2.75) is 32.4 Å². The van der Waals surface area contributed by atoms with Crippen LogP contribution in [-0.4, -0.2) is 24.4 Å². The van der Waals surface area contributed by atoms with Crippen molar-refractivity contribution in [2.75, 3.05) is 13.2 Å². The predicted octanol–water partition coefficient (Wildman–Crippen LogP) is 3.06. The van der Waals surface area contributed by atoms with E-state index in [0.717, 1.165) is 37.1 Å². The Hall–Kier alpha value is -0.580. The highest BCUT2D eigenvalue weighted by Gasteiger charge is 2.19. The summed E-state index contributed by atoms with van der Waals surface area (Å²) >= 11 is 3.34. The third-order valence-electron chi connectivity index (χ3n) is 3.61. The number of ether oxygens (including phenoxy) is 1. The molecular formula is C14H20BrNO2. The second-order valence-electron chi connectivity index (χ2n) is 4.91. The Morgan fingerprint density at radius 3 is 2.83 bits per heavy atom. The van der Waals surface area contributed by atoms with E-state index in [1.165, 1.54) is 5.56 Å². The maximum Gasteiger partial charge on any atom is 0.129 e. The van der Waals surface area contributed by atoms with E-state index in [0.29, 0.717) is 12.0 Å². The van der Waals surface area contributed by atoms with Gasteiger partial charge in [-0.25, -0.2) is 0 Å². The predicted molar refractivity (Wildman–Crippen MR) is 75.7 cm³/mol. The molecule has 0 aromatic heterocycles. The van der Waals surface area contributed by atoms with Crippen LogP contribution in [0.4, 0.5) is 0 Å². The number of phenolic OH excluding ortho intramolecular Hbond substituents is 1. The average molecular weight is 314 g/mol. The number of benzene rings is 1. The lowest BCUT2D eigenvalue weighted by Gasteiger charge is -2.28. The van der Waals surface area contributed by atoms with Crippen molar-refractivity contribution in [3.05, 3.63) is 28.2 Å². The summed E-state index contributed by atoms with van der Waals surface area (Å²) in [6, 6.07) is 6.13. The Balaban J connectivity index is 1.84. The van der Waals surface area contributed by atoms with Crippen molar-refractivity contribution >= 4 is 15.9 Å². The Morgan fingerprint density at radius 2 is 2.17 bits per heavy atom. The molecule has 2 N–H and O–H groups in total. The van der Waals surface area contributed by atoms with Gasteiger partial charge in [-0.1, -0.05) is 6.07 Å². The van der Waals surface area contributed by atoms with Crippen LogP contribution in [0.15, 0.2) is 22.7 Å². The first-order valence-electron chi connectivity index (χ1n) is 6.45. The van der Waals surface area contributed by atoms with E-state index in [-0.39, 0.29) is 5.75 Å². The van der Waals surface area contributed by atoms with Gasteiger partial charge >= 0.3 is 0 Å². The summed E-state index contributed by atoms with van der Waals surface area (Å²) in [5, 5.41) is 13.0. The third kappa shape index (κ3) is 3.70. The van der Waals surface area contributed by atoms with E-state index >= 15 is 0 Å². The zero-order valence-corrected chi connectivity index (χ0v) is 12.2. The third-order valence-corrected chi connectivity index (χ3v) is 4.25. The number of halogens is 1. The van der Waals surface area contributed by atoms with Crippen LogP contribution in [0, 0.1) is 5.92 Å². The van der Waals surface area contributed by atoms with E-state index in [1.807, 2.05) is 12.1 Å². The van der Waals surface area contributed by atoms with Crippen molar-refractivity contribution in [3.8, 4) is 5.75 Å². The van der Waals surface area contributed by atoms with Crippen molar-refractivity contribution in [3.63, 3.8) is 0 Å². The number of phenols is 1. The number of hydrogen-bond acceptors (Lipinski definition) is 3. The van der Waals surface area contributed by atoms with Crippen molar-refractivity contribution in [1.29, 1.82) is 0 Å². The first-order valence-corrected chi connectivity index (χ1v) is 7.24. The molecule has 0 aliphatic carbocycles. The fourth-order valence-corrected chi connectivity index (χ4v) is 2.75. The summed E-state index contributed by atoms with van der Waals surface area (Å²) < 4.78 is 6.13. The molecule has 100 valence electrons. The Labute approximate surface area is 117 Å². The minimum Gasteiger partial charge on any atom is -0.507 e. The zero-order valence-electron chi connectivity index (χ0n) is 10.7. The first kappa shape index (κ1) is 13.8. The molecule has 1 aromatic rings. The Morgan fingerprint density at radius 1 is 1.44 bits per heavy atom. The minimum absolute atomic E-state index is 0.288. The van der Waals surface area contributed by atoms with E-state index in [1.54, 1.807) is 6.07 Å². The minimum atomic E-state index is 0.288. The molecule has 0 amide bonds. The normalized spacial score (nSPS) is 18.8. The van der Waals surface area contributed by atoms with Gasteiger partial charge in [0.25, 0.3) is 0 Å². The van der Waals surface area contributed by atoms with Crippen molar-refractivity contribution < 1.29 is 9.84 Å². The lowest BCUT2D eigenvalue weighted by Crippen LogP contribution is -2.36. The molecule has 2 rings (SSSR count). The second kappa shape index (κ2) is 6.55. The molecule has 1 saturated heterocycles. The number of nitrogens with one attached hydrogen (secondary N) is 1. The molecule has 0 radical (unpaired) electrons. The molecule has 0 spiro atoms. The fraction of sp³-hybridized carbons (Fsp3) is 0.571. The molecule has 1 aliphatic heterocycles. The highest BCUT2D eigenvalue weighted by atomic mass is 79.9. The summed E-state index contributed by atoms with van der Waals surface area (Å²) in [7, 11) is 0. The van der Waals surface area contributed by atoms with E-state index < -0.39 is 0 Å². The maximum absolute atomic E-state index is 9.44. The van der Waals surface area contributed by atoms with E-state index in [9.17, 15) is 5.11 Å². The first-order chi connectivity index (χ1) is 8.66. The van der Waals surface area contributed by atoms with Gasteiger partial charge in [-0.15, -0.1) is 0 Å². The van der Waals surface area contributed by atoms with Gasteiger partial charge in [0, 0.05) is 25.8 Å². The number of aromatic hydroxyl groups is 1. The van der Waals surface area contributed by atoms with Crippen LogP contribution in [-0.2, 0) is 11.3 Å². The van der Waals surface area contributed by atoms with Crippen molar-refractivity contribution in [1.82, 2.24) is 5.32 Å². The van der Waals surface area contributed by atoms with Crippen LogP contribution in [0.3, 0.4) is 0 Å². The van der Waals surface area contributed by atoms with Gasteiger partial charge in [0.1, 0.15) is 5.75 Å². The zero-order chi connectivity index (χ0) is 13.0. The molecule has 1 heterocycles. The highest BCUT2D eigenvalue weighted by Crippen LogP contribution is 2.24. The smallest absolute Gasteiger partial charge is 0.129 e. The molecule has 18 heavy (non-hydrogen) atoms.